The SMILES string of the molecule is O=C(On1nnc2cccnc21)c1ccc2c(c1Cl)C1(CCS(=O)(=O)CC1)C(C1CC1)N2S(=O)(=O)c1ccc(F)cc1. The highest BCUT2D eigenvalue weighted by atomic mass is 35.5. The number of aromatic nitrogens is 4. The molecule has 1 unspecified atom stereocenters. The number of halogens is 2. The molecule has 2 aliphatic heterocycles. The number of carbonyl (C=O) groups is 1. The van der Waals surface area contributed by atoms with Gasteiger partial charge in [-0.2, -0.15) is 0 Å². The molecule has 42 heavy (non-hydrogen) atoms. The quantitative estimate of drug-likeness (QED) is 0.303. The van der Waals surface area contributed by atoms with Crippen LogP contribution in [0.15, 0.2) is 59.6 Å². The van der Waals surface area contributed by atoms with Gasteiger partial charge in [-0.3, -0.25) is 4.31 Å². The summed E-state index contributed by atoms with van der Waals surface area (Å²) in [6, 6.07) is 10.1. The number of nitrogens with zero attached hydrogens (tertiary/aromatic N) is 5. The first-order valence-corrected chi connectivity index (χ1v) is 16.9. The lowest BCUT2D eigenvalue weighted by Crippen LogP contribution is -2.52. The molecule has 0 N–H and O–H groups in total. The molecule has 2 fully saturated rings. The fraction of sp³-hybridized carbons (Fsp3) is 0.333. The highest BCUT2D eigenvalue weighted by Crippen LogP contribution is 2.61. The number of pyridine rings is 1. The normalized spacial score (nSPS) is 21.0. The van der Waals surface area contributed by atoms with Crippen LogP contribution in [0.4, 0.5) is 10.1 Å². The third-order valence-corrected chi connectivity index (χ3v) is 12.3. The molecule has 2 aromatic carbocycles. The zero-order chi connectivity index (χ0) is 29.4. The average Bonchev–Trinajstić information content (AvgIpc) is 3.65. The topological polar surface area (TPSA) is 141 Å². The predicted molar refractivity (Wildman–Crippen MR) is 150 cm³/mol. The number of hydrogen-bond donors (Lipinski definition) is 0. The van der Waals surface area contributed by atoms with Crippen LogP contribution in [-0.4, -0.2) is 60.5 Å². The molecule has 15 heteroatoms. The summed E-state index contributed by atoms with van der Waals surface area (Å²) < 4.78 is 68.6. The second-order valence-electron chi connectivity index (χ2n) is 10.9. The molecule has 1 atom stereocenters. The van der Waals surface area contributed by atoms with Crippen LogP contribution in [0.2, 0.25) is 5.02 Å². The molecule has 4 heterocycles. The van der Waals surface area contributed by atoms with E-state index in [9.17, 15) is 26.0 Å². The van der Waals surface area contributed by atoms with Gasteiger partial charge in [0.05, 0.1) is 38.7 Å². The van der Waals surface area contributed by atoms with Gasteiger partial charge in [-0.25, -0.2) is 31.0 Å². The average molecular weight is 632 g/mol. The van der Waals surface area contributed by atoms with Crippen LogP contribution in [0, 0.1) is 11.7 Å². The molecule has 2 aromatic heterocycles. The summed E-state index contributed by atoms with van der Waals surface area (Å²) in [5.41, 5.74) is 0.272. The van der Waals surface area contributed by atoms with Gasteiger partial charge >= 0.3 is 5.97 Å². The number of rotatable bonds is 5. The number of fused-ring (bicyclic) bond motifs is 3. The summed E-state index contributed by atoms with van der Waals surface area (Å²) in [4.78, 5) is 23.8. The molecule has 3 aliphatic rings. The van der Waals surface area contributed by atoms with Gasteiger partial charge in [0.25, 0.3) is 10.0 Å². The van der Waals surface area contributed by atoms with Crippen molar-refractivity contribution in [1.29, 1.82) is 0 Å². The summed E-state index contributed by atoms with van der Waals surface area (Å²) >= 11 is 6.99. The maximum atomic E-state index is 14.2. The minimum absolute atomic E-state index is 0.0170. The minimum Gasteiger partial charge on any atom is -0.310 e. The van der Waals surface area contributed by atoms with Crippen LogP contribution in [0.25, 0.3) is 11.2 Å². The van der Waals surface area contributed by atoms with Crippen molar-refractivity contribution in [2.24, 2.45) is 5.92 Å². The van der Waals surface area contributed by atoms with Gasteiger partial charge in [0.2, 0.25) is 5.65 Å². The van der Waals surface area contributed by atoms with Gasteiger partial charge in [0.1, 0.15) is 21.2 Å². The molecule has 1 saturated carbocycles. The van der Waals surface area contributed by atoms with Crippen molar-refractivity contribution in [3.05, 3.63) is 76.7 Å². The fourth-order valence-corrected chi connectivity index (χ4v) is 10.1. The molecule has 1 aliphatic carbocycles. The zero-order valence-electron chi connectivity index (χ0n) is 21.9. The van der Waals surface area contributed by atoms with Gasteiger partial charge in [-0.05, 0) is 90.2 Å². The Morgan fingerprint density at radius 2 is 1.79 bits per heavy atom. The minimum atomic E-state index is -4.23. The van der Waals surface area contributed by atoms with Crippen molar-refractivity contribution in [3.63, 3.8) is 0 Å². The molecular weight excluding hydrogens is 609 g/mol. The number of hydrogen-bond acceptors (Lipinski definition) is 9. The van der Waals surface area contributed by atoms with E-state index in [1.54, 1.807) is 12.1 Å². The van der Waals surface area contributed by atoms with E-state index < -0.39 is 43.1 Å². The van der Waals surface area contributed by atoms with E-state index in [-0.39, 0.29) is 57.1 Å². The van der Waals surface area contributed by atoms with Crippen LogP contribution in [0.1, 0.15) is 41.6 Å². The summed E-state index contributed by atoms with van der Waals surface area (Å²) in [5.74, 6) is -1.80. The number of anilines is 1. The van der Waals surface area contributed by atoms with E-state index in [1.807, 2.05) is 0 Å². The second kappa shape index (κ2) is 9.44. The third kappa shape index (κ3) is 4.18. The van der Waals surface area contributed by atoms with E-state index >= 15 is 0 Å². The standard InChI is InChI=1S/C27H23ClFN5O6S2/c28-23-19(26(35)40-34-25-20(31-32-34)2-1-13-30-25)9-10-21-22(23)27(11-14-41(36,37)15-12-27)24(16-3-4-16)33(21)42(38,39)18-7-5-17(29)6-8-18/h1-2,5-10,13,16,24H,3-4,11-12,14-15H2. The third-order valence-electron chi connectivity index (χ3n) is 8.40. The summed E-state index contributed by atoms with van der Waals surface area (Å²) in [6.45, 7) is 0. The summed E-state index contributed by atoms with van der Waals surface area (Å²) in [5, 5.41) is 7.73. The molecule has 4 aromatic rings. The Hall–Kier alpha value is -3.62. The van der Waals surface area contributed by atoms with Crippen molar-refractivity contribution in [1.82, 2.24) is 20.1 Å². The van der Waals surface area contributed by atoms with Crippen LogP contribution in [0.5, 0.6) is 0 Å². The van der Waals surface area contributed by atoms with E-state index in [0.29, 0.717) is 11.1 Å². The van der Waals surface area contributed by atoms with Crippen molar-refractivity contribution < 1.29 is 30.9 Å². The monoisotopic (exact) mass is 631 g/mol. The van der Waals surface area contributed by atoms with Gasteiger partial charge < -0.3 is 4.84 Å². The molecule has 11 nitrogen and oxygen atoms in total. The highest BCUT2D eigenvalue weighted by Gasteiger charge is 2.61. The maximum absolute atomic E-state index is 14.2. The number of carbonyl (C=O) groups excluding carboxylic acids is 1. The van der Waals surface area contributed by atoms with Gasteiger partial charge in [0, 0.05) is 17.2 Å². The van der Waals surface area contributed by atoms with Crippen molar-refractivity contribution in [2.45, 2.75) is 42.0 Å². The molecule has 1 saturated heterocycles. The second-order valence-corrected chi connectivity index (χ2v) is 15.4. The van der Waals surface area contributed by atoms with Gasteiger partial charge in [-0.15, -0.1) is 5.10 Å². The van der Waals surface area contributed by atoms with Crippen molar-refractivity contribution in [3.8, 4) is 0 Å². The van der Waals surface area contributed by atoms with Gasteiger partial charge in [-0.1, -0.05) is 11.6 Å². The van der Waals surface area contributed by atoms with Crippen LogP contribution < -0.4 is 9.14 Å². The largest absolute Gasteiger partial charge is 0.367 e. The maximum Gasteiger partial charge on any atom is 0.367 e. The first kappa shape index (κ1) is 27.2. The molecule has 0 amide bonds. The lowest BCUT2D eigenvalue weighted by atomic mass is 9.70. The summed E-state index contributed by atoms with van der Waals surface area (Å²) in [6.07, 6.45) is 3.26. The Balaban J connectivity index is 1.38. The van der Waals surface area contributed by atoms with Crippen LogP contribution in [-0.2, 0) is 25.3 Å². The van der Waals surface area contributed by atoms with Crippen LogP contribution >= 0.6 is 11.6 Å². The van der Waals surface area contributed by atoms with E-state index in [1.165, 1.54) is 34.8 Å². The van der Waals surface area contributed by atoms with Crippen LogP contribution in [0.3, 0.4) is 0 Å². The Labute approximate surface area is 245 Å². The Bertz CT molecular complexity index is 1970. The molecule has 218 valence electrons. The Morgan fingerprint density at radius 1 is 1.07 bits per heavy atom. The Kier molecular flexibility index (Phi) is 6.12. The predicted octanol–water partition coefficient (Wildman–Crippen LogP) is 3.32. The van der Waals surface area contributed by atoms with E-state index in [2.05, 4.69) is 15.3 Å². The zero-order valence-corrected chi connectivity index (χ0v) is 24.2. The number of sulfone groups is 1. The van der Waals surface area contributed by atoms with Gasteiger partial charge in [0.15, 0.2) is 0 Å². The first-order valence-electron chi connectivity index (χ1n) is 13.2. The van der Waals surface area contributed by atoms with Crippen molar-refractivity contribution >= 4 is 54.3 Å². The Morgan fingerprint density at radius 3 is 2.48 bits per heavy atom. The molecule has 0 radical (unpaired) electrons. The molecule has 0 bridgehead atoms. The first-order chi connectivity index (χ1) is 20.0. The smallest absolute Gasteiger partial charge is 0.310 e. The van der Waals surface area contributed by atoms with E-state index in [0.717, 1.165) is 29.8 Å². The molecule has 1 spiro atoms. The molecular formula is C27H23ClFN5O6S2. The number of benzene rings is 2. The lowest BCUT2D eigenvalue weighted by molar-refractivity contribution is 0.0405. The lowest BCUT2D eigenvalue weighted by Gasteiger charge is -2.42. The van der Waals surface area contributed by atoms with Crippen molar-refractivity contribution in [2.75, 3.05) is 15.8 Å². The number of sulfonamides is 1. The molecule has 7 rings (SSSR count). The fourth-order valence-electron chi connectivity index (χ4n) is 6.34. The highest BCUT2D eigenvalue weighted by molar-refractivity contribution is 7.93. The van der Waals surface area contributed by atoms with E-state index in [4.69, 9.17) is 16.4 Å². The summed E-state index contributed by atoms with van der Waals surface area (Å²) in [7, 11) is -7.58.